The van der Waals surface area contributed by atoms with Crippen LogP contribution in [0.25, 0.3) is 10.9 Å². The monoisotopic (exact) mass is 401 g/mol. The summed E-state index contributed by atoms with van der Waals surface area (Å²) in [6.07, 6.45) is 6.58. The quantitative estimate of drug-likeness (QED) is 0.720. The second-order valence-electron chi connectivity index (χ2n) is 7.75. The van der Waals surface area contributed by atoms with Crippen molar-refractivity contribution in [1.82, 2.24) is 20.2 Å². The largest absolute Gasteiger partial charge is 0.367 e. The second kappa shape index (κ2) is 7.54. The Morgan fingerprint density at radius 1 is 1.29 bits per heavy atom. The SMILES string of the molecule is CC(CCCN1C(=O)NC2(CCCC2)C1=O)Nc1ncnc2cc(Cl)ccc12. The fraction of sp³-hybridized carbons (Fsp3) is 0.500. The average molecular weight is 402 g/mol. The van der Waals surface area contributed by atoms with E-state index in [1.54, 1.807) is 0 Å². The number of carbonyl (C=O) groups is 2. The molecule has 1 aromatic carbocycles. The first kappa shape index (κ1) is 18.9. The van der Waals surface area contributed by atoms with Gasteiger partial charge < -0.3 is 10.6 Å². The van der Waals surface area contributed by atoms with Crippen LogP contribution < -0.4 is 10.6 Å². The zero-order valence-electron chi connectivity index (χ0n) is 15.9. The Hall–Kier alpha value is -2.41. The molecule has 4 rings (SSSR count). The molecule has 2 N–H and O–H groups in total. The molecule has 1 aliphatic carbocycles. The predicted octanol–water partition coefficient (Wildman–Crippen LogP) is 3.73. The summed E-state index contributed by atoms with van der Waals surface area (Å²) in [7, 11) is 0. The highest BCUT2D eigenvalue weighted by Crippen LogP contribution is 2.35. The van der Waals surface area contributed by atoms with Crippen LogP contribution in [0.15, 0.2) is 24.5 Å². The minimum absolute atomic E-state index is 0.0470. The zero-order chi connectivity index (χ0) is 19.7. The van der Waals surface area contributed by atoms with E-state index in [-0.39, 0.29) is 18.0 Å². The van der Waals surface area contributed by atoms with Gasteiger partial charge in [-0.3, -0.25) is 9.69 Å². The number of rotatable bonds is 6. The lowest BCUT2D eigenvalue weighted by Crippen LogP contribution is -2.44. The number of hydrogen-bond acceptors (Lipinski definition) is 5. The molecule has 2 fully saturated rings. The average Bonchev–Trinajstić information content (AvgIpc) is 3.22. The first-order valence-electron chi connectivity index (χ1n) is 9.79. The molecular formula is C20H24ClN5O2. The molecule has 0 bridgehead atoms. The Bertz CT molecular complexity index is 913. The molecule has 1 aromatic heterocycles. The van der Waals surface area contributed by atoms with Gasteiger partial charge in [-0.2, -0.15) is 0 Å². The topological polar surface area (TPSA) is 87.2 Å². The van der Waals surface area contributed by atoms with E-state index in [4.69, 9.17) is 11.6 Å². The molecule has 1 saturated heterocycles. The van der Waals surface area contributed by atoms with Gasteiger partial charge in [0, 0.05) is 23.0 Å². The van der Waals surface area contributed by atoms with Crippen LogP contribution in [0.2, 0.25) is 5.02 Å². The smallest absolute Gasteiger partial charge is 0.325 e. The van der Waals surface area contributed by atoms with Crippen molar-refractivity contribution in [2.75, 3.05) is 11.9 Å². The van der Waals surface area contributed by atoms with Crippen molar-refractivity contribution >= 4 is 40.3 Å². The number of nitrogens with one attached hydrogen (secondary N) is 2. The van der Waals surface area contributed by atoms with Gasteiger partial charge in [-0.1, -0.05) is 24.4 Å². The first-order chi connectivity index (χ1) is 13.5. The Kier molecular flexibility index (Phi) is 5.10. The van der Waals surface area contributed by atoms with E-state index >= 15 is 0 Å². The highest BCUT2D eigenvalue weighted by atomic mass is 35.5. The van der Waals surface area contributed by atoms with Gasteiger partial charge in [0.15, 0.2) is 0 Å². The molecular weight excluding hydrogens is 378 g/mol. The summed E-state index contributed by atoms with van der Waals surface area (Å²) in [5.74, 6) is 0.711. The van der Waals surface area contributed by atoms with Crippen molar-refractivity contribution in [1.29, 1.82) is 0 Å². The fourth-order valence-corrected chi connectivity index (χ4v) is 4.37. The van der Waals surface area contributed by atoms with Crippen LogP contribution in [0, 0.1) is 0 Å². The number of anilines is 1. The molecule has 7 nitrogen and oxygen atoms in total. The van der Waals surface area contributed by atoms with Crippen LogP contribution in [0.5, 0.6) is 0 Å². The number of aromatic nitrogens is 2. The number of halogens is 1. The van der Waals surface area contributed by atoms with E-state index in [1.165, 1.54) is 11.2 Å². The molecule has 1 unspecified atom stereocenters. The standard InChI is InChI=1S/C20H24ClN5O2/c1-13(24-17-15-7-6-14(21)11-16(15)22-12-23-17)5-4-10-26-18(27)20(25-19(26)28)8-2-3-9-20/h6-7,11-13H,2-5,8-10H2,1H3,(H,25,28)(H,22,23,24). The normalized spacial score (nSPS) is 19.4. The maximum atomic E-state index is 12.7. The highest BCUT2D eigenvalue weighted by molar-refractivity contribution is 6.31. The molecule has 0 radical (unpaired) electrons. The highest BCUT2D eigenvalue weighted by Gasteiger charge is 2.51. The minimum Gasteiger partial charge on any atom is -0.367 e. The lowest BCUT2D eigenvalue weighted by molar-refractivity contribution is -0.131. The van der Waals surface area contributed by atoms with Crippen LogP contribution in [-0.4, -0.2) is 44.9 Å². The molecule has 1 aliphatic heterocycles. The van der Waals surface area contributed by atoms with Crippen molar-refractivity contribution in [2.24, 2.45) is 0 Å². The van der Waals surface area contributed by atoms with E-state index in [1.807, 2.05) is 18.2 Å². The number of urea groups is 1. The van der Waals surface area contributed by atoms with E-state index in [9.17, 15) is 9.59 Å². The molecule has 2 aromatic rings. The molecule has 2 aliphatic rings. The third-order valence-corrected chi connectivity index (χ3v) is 5.94. The van der Waals surface area contributed by atoms with Crippen molar-refractivity contribution in [2.45, 2.75) is 57.0 Å². The van der Waals surface area contributed by atoms with Gasteiger partial charge in [0.05, 0.1) is 5.52 Å². The van der Waals surface area contributed by atoms with Gasteiger partial charge in [0.1, 0.15) is 17.7 Å². The molecule has 3 amide bonds. The number of nitrogens with zero attached hydrogens (tertiary/aromatic N) is 3. The van der Waals surface area contributed by atoms with Gasteiger partial charge in [0.25, 0.3) is 5.91 Å². The fourth-order valence-electron chi connectivity index (χ4n) is 4.20. The van der Waals surface area contributed by atoms with Gasteiger partial charge >= 0.3 is 6.03 Å². The Labute approximate surface area is 168 Å². The number of hydrogen-bond donors (Lipinski definition) is 2. The predicted molar refractivity (Wildman–Crippen MR) is 108 cm³/mol. The van der Waals surface area contributed by atoms with Crippen molar-refractivity contribution in [3.05, 3.63) is 29.5 Å². The maximum absolute atomic E-state index is 12.7. The molecule has 28 heavy (non-hydrogen) atoms. The molecule has 2 heterocycles. The van der Waals surface area contributed by atoms with E-state index in [0.29, 0.717) is 11.6 Å². The number of benzene rings is 1. The Morgan fingerprint density at radius 3 is 2.86 bits per heavy atom. The number of carbonyl (C=O) groups excluding carboxylic acids is 2. The van der Waals surface area contributed by atoms with Crippen molar-refractivity contribution in [3.8, 4) is 0 Å². The van der Waals surface area contributed by atoms with Crippen molar-refractivity contribution < 1.29 is 9.59 Å². The number of fused-ring (bicyclic) bond motifs is 1. The zero-order valence-corrected chi connectivity index (χ0v) is 16.6. The molecule has 8 heteroatoms. The summed E-state index contributed by atoms with van der Waals surface area (Å²) in [5.41, 5.74) is 0.167. The Balaban J connectivity index is 1.34. The van der Waals surface area contributed by atoms with Crippen LogP contribution in [-0.2, 0) is 4.79 Å². The third kappa shape index (κ3) is 3.51. The van der Waals surface area contributed by atoms with Gasteiger partial charge in [0.2, 0.25) is 0 Å². The van der Waals surface area contributed by atoms with Gasteiger partial charge in [-0.15, -0.1) is 0 Å². The Morgan fingerprint density at radius 2 is 2.07 bits per heavy atom. The van der Waals surface area contributed by atoms with Crippen LogP contribution in [0.4, 0.5) is 10.6 Å². The summed E-state index contributed by atoms with van der Waals surface area (Å²) in [4.78, 5) is 34.9. The van der Waals surface area contributed by atoms with Crippen molar-refractivity contribution in [3.63, 3.8) is 0 Å². The van der Waals surface area contributed by atoms with Gasteiger partial charge in [-0.25, -0.2) is 14.8 Å². The molecule has 148 valence electrons. The minimum atomic E-state index is -0.623. The molecule has 1 spiro atoms. The van der Waals surface area contributed by atoms with E-state index < -0.39 is 5.54 Å². The molecule has 1 saturated carbocycles. The summed E-state index contributed by atoms with van der Waals surface area (Å²) < 4.78 is 0. The summed E-state index contributed by atoms with van der Waals surface area (Å²) in [6, 6.07) is 5.42. The van der Waals surface area contributed by atoms with Crippen LogP contribution >= 0.6 is 11.6 Å². The summed E-state index contributed by atoms with van der Waals surface area (Å²) >= 11 is 6.03. The lowest BCUT2D eigenvalue weighted by Gasteiger charge is -2.20. The van der Waals surface area contributed by atoms with Crippen LogP contribution in [0.1, 0.15) is 45.4 Å². The third-order valence-electron chi connectivity index (χ3n) is 5.70. The summed E-state index contributed by atoms with van der Waals surface area (Å²) in [5, 5.41) is 7.88. The maximum Gasteiger partial charge on any atom is 0.325 e. The second-order valence-corrected chi connectivity index (χ2v) is 8.18. The van der Waals surface area contributed by atoms with E-state index in [0.717, 1.165) is 55.2 Å². The van der Waals surface area contributed by atoms with E-state index in [2.05, 4.69) is 27.5 Å². The molecule has 1 atom stereocenters. The number of imide groups is 1. The summed E-state index contributed by atoms with van der Waals surface area (Å²) in [6.45, 7) is 2.51. The number of amides is 3. The lowest BCUT2D eigenvalue weighted by atomic mass is 9.98. The first-order valence-corrected chi connectivity index (χ1v) is 10.2. The van der Waals surface area contributed by atoms with Gasteiger partial charge in [-0.05, 0) is 50.8 Å². The van der Waals surface area contributed by atoms with Crippen LogP contribution in [0.3, 0.4) is 0 Å².